The average Bonchev–Trinajstić information content (AvgIpc) is 3.13. The Morgan fingerprint density at radius 2 is 1.62 bits per heavy atom. The molecular weight excluding hydrogens is 428 g/mol. The van der Waals surface area contributed by atoms with E-state index in [1.54, 1.807) is 40.7 Å². The van der Waals surface area contributed by atoms with Crippen LogP contribution in [0.4, 0.5) is 8.78 Å². The lowest BCUT2D eigenvalue weighted by atomic mass is 9.65. The van der Waals surface area contributed by atoms with Crippen molar-refractivity contribution in [2.45, 2.75) is 43.5 Å². The van der Waals surface area contributed by atoms with Crippen molar-refractivity contribution in [1.82, 2.24) is 4.31 Å². The van der Waals surface area contributed by atoms with Crippen molar-refractivity contribution < 1.29 is 17.2 Å². The van der Waals surface area contributed by atoms with E-state index in [1.807, 2.05) is 13.0 Å². The number of hydrogen-bond donors (Lipinski definition) is 0. The van der Waals surface area contributed by atoms with Crippen LogP contribution in [0.15, 0.2) is 71.6 Å². The lowest BCUT2D eigenvalue weighted by molar-refractivity contribution is 0.188. The molecule has 2 aliphatic rings. The van der Waals surface area contributed by atoms with Crippen molar-refractivity contribution >= 4 is 10.0 Å². The molecule has 0 aromatic heterocycles. The molecule has 5 rings (SSSR count). The number of hydrogen-bond acceptors (Lipinski definition) is 2. The Morgan fingerprint density at radius 1 is 0.938 bits per heavy atom. The van der Waals surface area contributed by atoms with Crippen LogP contribution < -0.4 is 0 Å². The van der Waals surface area contributed by atoms with E-state index in [0.717, 1.165) is 22.3 Å². The maximum atomic E-state index is 14.0. The van der Waals surface area contributed by atoms with E-state index >= 15 is 0 Å². The van der Waals surface area contributed by atoms with Crippen LogP contribution in [0, 0.1) is 24.0 Å². The first-order chi connectivity index (χ1) is 15.3. The second-order valence-corrected chi connectivity index (χ2v) is 11.0. The van der Waals surface area contributed by atoms with Crippen LogP contribution in [-0.4, -0.2) is 25.3 Å². The number of aryl methyl sites for hydroxylation is 1. The quantitative estimate of drug-likeness (QED) is 0.554. The molecule has 32 heavy (non-hydrogen) atoms. The molecule has 1 fully saturated rings. The molecule has 0 amide bonds. The minimum Gasteiger partial charge on any atom is -0.207 e. The largest absolute Gasteiger partial charge is 0.243 e. The molecule has 1 aliphatic carbocycles. The number of rotatable bonds is 4. The maximum Gasteiger partial charge on any atom is 0.243 e. The molecule has 6 heteroatoms. The van der Waals surface area contributed by atoms with Crippen LogP contribution in [0.2, 0.25) is 0 Å². The topological polar surface area (TPSA) is 37.4 Å². The van der Waals surface area contributed by atoms with Gasteiger partial charge in [-0.05, 0) is 91.1 Å². The summed E-state index contributed by atoms with van der Waals surface area (Å²) in [6, 6.07) is 17.9. The van der Waals surface area contributed by atoms with Gasteiger partial charge in [-0.1, -0.05) is 35.9 Å². The molecular formula is C26H25F2NO2S. The summed E-state index contributed by atoms with van der Waals surface area (Å²) in [4.78, 5) is 0.283. The molecule has 0 bridgehead atoms. The standard InChI is InChI=1S/C26H25F2NO2S/c1-18-2-10-24(11-3-18)32(30,31)29-13-12-26(16-19-4-7-22(27)8-5-19)17-20-6-9-23(28)14-21(20)15-25(26)29/h2-11,14,25H,12-13,15-17H2,1H3/t25-,26-/m1/s1. The van der Waals surface area contributed by atoms with Gasteiger partial charge in [0.2, 0.25) is 10.0 Å². The molecule has 0 saturated carbocycles. The van der Waals surface area contributed by atoms with Crippen LogP contribution in [0.3, 0.4) is 0 Å². The number of nitrogens with zero attached hydrogens (tertiary/aromatic N) is 1. The van der Waals surface area contributed by atoms with Crippen LogP contribution >= 0.6 is 0 Å². The van der Waals surface area contributed by atoms with Gasteiger partial charge < -0.3 is 0 Å². The van der Waals surface area contributed by atoms with Crippen molar-refractivity contribution in [2.75, 3.05) is 6.54 Å². The second kappa shape index (κ2) is 7.78. The van der Waals surface area contributed by atoms with E-state index in [2.05, 4.69) is 0 Å². The van der Waals surface area contributed by atoms with Gasteiger partial charge in [-0.2, -0.15) is 4.31 Å². The van der Waals surface area contributed by atoms with Gasteiger partial charge in [-0.3, -0.25) is 0 Å². The molecule has 1 heterocycles. The molecule has 166 valence electrons. The lowest BCUT2D eigenvalue weighted by Crippen LogP contribution is -2.48. The van der Waals surface area contributed by atoms with Gasteiger partial charge in [-0.25, -0.2) is 17.2 Å². The number of fused-ring (bicyclic) bond motifs is 2. The summed E-state index contributed by atoms with van der Waals surface area (Å²) in [6.45, 7) is 2.34. The Bertz CT molecular complexity index is 1260. The van der Waals surface area contributed by atoms with Gasteiger partial charge in [-0.15, -0.1) is 0 Å². The van der Waals surface area contributed by atoms with E-state index in [0.29, 0.717) is 32.2 Å². The van der Waals surface area contributed by atoms with E-state index in [1.165, 1.54) is 24.3 Å². The molecule has 3 aromatic rings. The van der Waals surface area contributed by atoms with Gasteiger partial charge in [0, 0.05) is 12.6 Å². The highest BCUT2D eigenvalue weighted by Crippen LogP contribution is 2.49. The Labute approximate surface area is 187 Å². The smallest absolute Gasteiger partial charge is 0.207 e. The summed E-state index contributed by atoms with van der Waals surface area (Å²) in [7, 11) is -3.70. The zero-order valence-corrected chi connectivity index (χ0v) is 18.7. The summed E-state index contributed by atoms with van der Waals surface area (Å²) in [5.41, 5.74) is 3.60. The van der Waals surface area contributed by atoms with Crippen molar-refractivity contribution in [3.63, 3.8) is 0 Å². The second-order valence-electron chi connectivity index (χ2n) is 9.15. The summed E-state index contributed by atoms with van der Waals surface area (Å²) < 4.78 is 56.3. The first kappa shape index (κ1) is 21.3. The van der Waals surface area contributed by atoms with Gasteiger partial charge in [0.1, 0.15) is 11.6 Å². The van der Waals surface area contributed by atoms with Crippen LogP contribution in [0.5, 0.6) is 0 Å². The molecule has 0 spiro atoms. The normalized spacial score (nSPS) is 23.0. The minimum absolute atomic E-state index is 0.283. The molecule has 1 aliphatic heterocycles. The van der Waals surface area contributed by atoms with Crippen molar-refractivity contribution in [1.29, 1.82) is 0 Å². The predicted octanol–water partition coefficient (Wildman–Crippen LogP) is 5.06. The zero-order chi connectivity index (χ0) is 22.5. The Hall–Kier alpha value is -2.57. The Kier molecular flexibility index (Phi) is 5.18. The first-order valence-corrected chi connectivity index (χ1v) is 12.3. The minimum atomic E-state index is -3.70. The van der Waals surface area contributed by atoms with E-state index in [4.69, 9.17) is 0 Å². The van der Waals surface area contributed by atoms with Crippen molar-refractivity contribution in [3.05, 3.63) is 101 Å². The van der Waals surface area contributed by atoms with Crippen LogP contribution in [-0.2, 0) is 29.3 Å². The fraction of sp³-hybridized carbons (Fsp3) is 0.308. The van der Waals surface area contributed by atoms with E-state index < -0.39 is 10.0 Å². The summed E-state index contributed by atoms with van der Waals surface area (Å²) >= 11 is 0. The van der Waals surface area contributed by atoms with Gasteiger partial charge in [0.05, 0.1) is 4.90 Å². The summed E-state index contributed by atoms with van der Waals surface area (Å²) in [5, 5.41) is 0. The van der Waals surface area contributed by atoms with Gasteiger partial charge in [0.15, 0.2) is 0 Å². The van der Waals surface area contributed by atoms with Crippen molar-refractivity contribution in [2.24, 2.45) is 5.41 Å². The monoisotopic (exact) mass is 453 g/mol. The third-order valence-electron chi connectivity index (χ3n) is 7.11. The predicted molar refractivity (Wildman–Crippen MR) is 120 cm³/mol. The Morgan fingerprint density at radius 3 is 2.34 bits per heavy atom. The van der Waals surface area contributed by atoms with E-state index in [-0.39, 0.29) is 28.0 Å². The third kappa shape index (κ3) is 3.65. The lowest BCUT2D eigenvalue weighted by Gasteiger charge is -2.42. The highest BCUT2D eigenvalue weighted by atomic mass is 32.2. The third-order valence-corrected chi connectivity index (χ3v) is 9.03. The molecule has 3 nitrogen and oxygen atoms in total. The molecule has 0 unspecified atom stereocenters. The number of benzene rings is 3. The highest BCUT2D eigenvalue weighted by Gasteiger charge is 2.53. The molecule has 3 aromatic carbocycles. The molecule has 2 atom stereocenters. The average molecular weight is 454 g/mol. The summed E-state index contributed by atoms with van der Waals surface area (Å²) in [5.74, 6) is -0.594. The molecule has 0 radical (unpaired) electrons. The van der Waals surface area contributed by atoms with Crippen LogP contribution in [0.1, 0.15) is 28.7 Å². The molecule has 1 saturated heterocycles. The fourth-order valence-corrected chi connectivity index (χ4v) is 7.16. The Balaban J connectivity index is 1.57. The van der Waals surface area contributed by atoms with Crippen molar-refractivity contribution in [3.8, 4) is 0 Å². The summed E-state index contributed by atoms with van der Waals surface area (Å²) in [6.07, 6.45) is 2.50. The molecule has 0 N–H and O–H groups in total. The number of sulfonamides is 1. The zero-order valence-electron chi connectivity index (χ0n) is 17.9. The first-order valence-electron chi connectivity index (χ1n) is 10.9. The van der Waals surface area contributed by atoms with Gasteiger partial charge in [0.25, 0.3) is 0 Å². The highest BCUT2D eigenvalue weighted by molar-refractivity contribution is 7.89. The maximum absolute atomic E-state index is 14.0. The number of halogens is 2. The fourth-order valence-electron chi connectivity index (χ4n) is 5.44. The van der Waals surface area contributed by atoms with E-state index in [9.17, 15) is 17.2 Å². The van der Waals surface area contributed by atoms with Gasteiger partial charge >= 0.3 is 0 Å². The van der Waals surface area contributed by atoms with Crippen LogP contribution in [0.25, 0.3) is 0 Å². The SMILES string of the molecule is Cc1ccc(S(=O)(=O)N2CC[C@@]3(Cc4ccc(F)cc4)Cc4ccc(F)cc4C[C@@H]23)cc1.